The van der Waals surface area contributed by atoms with Crippen LogP contribution in [0.25, 0.3) is 0 Å². The van der Waals surface area contributed by atoms with Crippen molar-refractivity contribution in [3.05, 3.63) is 65.7 Å². The third-order valence-corrected chi connectivity index (χ3v) is 3.38. The van der Waals surface area contributed by atoms with Crippen LogP contribution < -0.4 is 4.74 Å². The fourth-order valence-electron chi connectivity index (χ4n) is 2.42. The summed E-state index contributed by atoms with van der Waals surface area (Å²) in [4.78, 5) is 2.05. The van der Waals surface area contributed by atoms with Gasteiger partial charge in [-0.05, 0) is 44.2 Å². The molecule has 0 N–H and O–H groups in total. The summed E-state index contributed by atoms with van der Waals surface area (Å²) in [5.41, 5.74) is 2.15. The first-order valence-electron chi connectivity index (χ1n) is 7.50. The minimum atomic E-state index is -0.295. The molecular formula is C19H22N2O. The molecule has 1 unspecified atom stereocenters. The first-order valence-corrected chi connectivity index (χ1v) is 7.50. The second-order valence-electron chi connectivity index (χ2n) is 5.67. The van der Waals surface area contributed by atoms with Crippen molar-refractivity contribution in [3.8, 4) is 11.8 Å². The second-order valence-corrected chi connectivity index (χ2v) is 5.67. The molecule has 2 rings (SSSR count). The van der Waals surface area contributed by atoms with Gasteiger partial charge in [-0.2, -0.15) is 5.26 Å². The summed E-state index contributed by atoms with van der Waals surface area (Å²) >= 11 is 0. The highest BCUT2D eigenvalue weighted by molar-refractivity contribution is 5.33. The summed E-state index contributed by atoms with van der Waals surface area (Å²) in [5, 5.41) is 9.57. The van der Waals surface area contributed by atoms with Gasteiger partial charge in [-0.3, -0.25) is 4.90 Å². The summed E-state index contributed by atoms with van der Waals surface area (Å²) < 4.78 is 5.72. The molecule has 0 saturated carbocycles. The Bertz CT molecular complexity index is 631. The van der Waals surface area contributed by atoms with E-state index in [0.717, 1.165) is 17.9 Å². The van der Waals surface area contributed by atoms with E-state index in [1.807, 2.05) is 68.3 Å². The molecule has 0 aromatic heterocycles. The Labute approximate surface area is 132 Å². The Morgan fingerprint density at radius 2 is 1.82 bits per heavy atom. The number of rotatable bonds is 6. The van der Waals surface area contributed by atoms with Gasteiger partial charge in [0.15, 0.2) is 0 Å². The fourth-order valence-corrected chi connectivity index (χ4v) is 2.42. The number of benzene rings is 2. The van der Waals surface area contributed by atoms with Crippen LogP contribution in [0.5, 0.6) is 5.75 Å². The molecular weight excluding hydrogens is 272 g/mol. The van der Waals surface area contributed by atoms with Crippen LogP contribution in [0, 0.1) is 11.3 Å². The third kappa shape index (κ3) is 4.34. The zero-order valence-electron chi connectivity index (χ0n) is 13.4. The Morgan fingerprint density at radius 3 is 2.45 bits per heavy atom. The normalized spacial score (nSPS) is 12.2. The molecule has 0 aliphatic heterocycles. The van der Waals surface area contributed by atoms with Crippen molar-refractivity contribution < 1.29 is 4.74 Å². The first-order chi connectivity index (χ1) is 10.6. The largest absolute Gasteiger partial charge is 0.491 e. The standard InChI is InChI=1S/C19H22N2O/c1-15(2)22-18-11-7-10-17(12-18)19(13-20)21(3)14-16-8-5-4-6-9-16/h4-12,15,19H,14H2,1-3H3. The van der Waals surface area contributed by atoms with Crippen molar-refractivity contribution in [3.63, 3.8) is 0 Å². The zero-order valence-corrected chi connectivity index (χ0v) is 13.4. The van der Waals surface area contributed by atoms with Crippen molar-refractivity contribution in [2.24, 2.45) is 0 Å². The molecule has 2 aromatic rings. The lowest BCUT2D eigenvalue weighted by Gasteiger charge is -2.23. The number of nitrogens with zero attached hydrogens (tertiary/aromatic N) is 2. The number of ether oxygens (including phenoxy) is 1. The van der Waals surface area contributed by atoms with Crippen LogP contribution in [0.1, 0.15) is 31.0 Å². The number of nitriles is 1. The molecule has 0 heterocycles. The summed E-state index contributed by atoms with van der Waals surface area (Å²) in [6.07, 6.45) is 0.123. The van der Waals surface area contributed by atoms with Crippen LogP contribution in [-0.4, -0.2) is 18.1 Å². The molecule has 0 aliphatic carbocycles. The molecule has 0 saturated heterocycles. The molecule has 2 aromatic carbocycles. The van der Waals surface area contributed by atoms with E-state index >= 15 is 0 Å². The van der Waals surface area contributed by atoms with Crippen LogP contribution in [0.2, 0.25) is 0 Å². The van der Waals surface area contributed by atoms with E-state index in [4.69, 9.17) is 4.74 Å². The van der Waals surface area contributed by atoms with Crippen LogP contribution >= 0.6 is 0 Å². The summed E-state index contributed by atoms with van der Waals surface area (Å²) in [7, 11) is 1.97. The van der Waals surface area contributed by atoms with E-state index in [1.165, 1.54) is 5.56 Å². The molecule has 0 aliphatic rings. The average molecular weight is 294 g/mol. The lowest BCUT2D eigenvalue weighted by atomic mass is 10.1. The lowest BCUT2D eigenvalue weighted by Crippen LogP contribution is -2.23. The average Bonchev–Trinajstić information content (AvgIpc) is 2.48. The van der Waals surface area contributed by atoms with Gasteiger partial charge in [-0.15, -0.1) is 0 Å². The van der Waals surface area contributed by atoms with Crippen molar-refractivity contribution in [1.82, 2.24) is 4.90 Å². The van der Waals surface area contributed by atoms with Crippen LogP contribution in [0.3, 0.4) is 0 Å². The minimum Gasteiger partial charge on any atom is -0.491 e. The monoisotopic (exact) mass is 294 g/mol. The van der Waals surface area contributed by atoms with Gasteiger partial charge < -0.3 is 4.74 Å². The lowest BCUT2D eigenvalue weighted by molar-refractivity contribution is 0.240. The Balaban J connectivity index is 2.15. The highest BCUT2D eigenvalue weighted by atomic mass is 16.5. The molecule has 0 amide bonds. The predicted molar refractivity (Wildman–Crippen MR) is 88.5 cm³/mol. The Morgan fingerprint density at radius 1 is 1.09 bits per heavy atom. The van der Waals surface area contributed by atoms with Crippen molar-refractivity contribution in [2.45, 2.75) is 32.5 Å². The minimum absolute atomic E-state index is 0.123. The van der Waals surface area contributed by atoms with E-state index in [0.29, 0.717) is 0 Å². The molecule has 0 bridgehead atoms. The number of hydrogen-bond acceptors (Lipinski definition) is 3. The van der Waals surface area contributed by atoms with E-state index in [1.54, 1.807) is 0 Å². The second kappa shape index (κ2) is 7.63. The summed E-state index contributed by atoms with van der Waals surface area (Å²) in [6.45, 7) is 4.72. The Hall–Kier alpha value is -2.31. The predicted octanol–water partition coefficient (Wildman–Crippen LogP) is 4.17. The molecule has 3 heteroatoms. The van der Waals surface area contributed by atoms with Crippen molar-refractivity contribution >= 4 is 0 Å². The zero-order chi connectivity index (χ0) is 15.9. The van der Waals surface area contributed by atoms with Gasteiger partial charge >= 0.3 is 0 Å². The van der Waals surface area contributed by atoms with Gasteiger partial charge in [0.05, 0.1) is 12.2 Å². The molecule has 3 nitrogen and oxygen atoms in total. The van der Waals surface area contributed by atoms with E-state index in [2.05, 4.69) is 18.2 Å². The van der Waals surface area contributed by atoms with Gasteiger partial charge in [0.1, 0.15) is 11.8 Å². The van der Waals surface area contributed by atoms with Gasteiger partial charge in [-0.25, -0.2) is 0 Å². The van der Waals surface area contributed by atoms with Crippen molar-refractivity contribution in [2.75, 3.05) is 7.05 Å². The maximum absolute atomic E-state index is 9.57. The maximum Gasteiger partial charge on any atom is 0.124 e. The topological polar surface area (TPSA) is 36.3 Å². The van der Waals surface area contributed by atoms with Crippen LogP contribution in [0.4, 0.5) is 0 Å². The van der Waals surface area contributed by atoms with Crippen LogP contribution in [-0.2, 0) is 6.54 Å². The van der Waals surface area contributed by atoms with E-state index in [9.17, 15) is 5.26 Å². The summed E-state index contributed by atoms with van der Waals surface area (Å²) in [6, 6.07) is 20.1. The Kier molecular flexibility index (Phi) is 5.57. The highest BCUT2D eigenvalue weighted by Gasteiger charge is 2.17. The first kappa shape index (κ1) is 16.1. The maximum atomic E-state index is 9.57. The molecule has 1 atom stereocenters. The van der Waals surface area contributed by atoms with Gasteiger partial charge in [0.2, 0.25) is 0 Å². The summed E-state index contributed by atoms with van der Waals surface area (Å²) in [5.74, 6) is 0.806. The smallest absolute Gasteiger partial charge is 0.124 e. The van der Waals surface area contributed by atoms with E-state index in [-0.39, 0.29) is 12.1 Å². The third-order valence-electron chi connectivity index (χ3n) is 3.38. The van der Waals surface area contributed by atoms with Gasteiger partial charge in [0.25, 0.3) is 0 Å². The molecule has 22 heavy (non-hydrogen) atoms. The van der Waals surface area contributed by atoms with Gasteiger partial charge in [-0.1, -0.05) is 42.5 Å². The van der Waals surface area contributed by atoms with E-state index < -0.39 is 0 Å². The SMILES string of the molecule is CC(C)Oc1cccc(C(C#N)N(C)Cc2ccccc2)c1. The molecule has 0 radical (unpaired) electrons. The van der Waals surface area contributed by atoms with Gasteiger partial charge in [0, 0.05) is 6.54 Å². The molecule has 114 valence electrons. The highest BCUT2D eigenvalue weighted by Crippen LogP contribution is 2.24. The molecule has 0 spiro atoms. The fraction of sp³-hybridized carbons (Fsp3) is 0.316. The molecule has 0 fully saturated rings. The number of hydrogen-bond donors (Lipinski definition) is 0. The quantitative estimate of drug-likeness (QED) is 0.802. The van der Waals surface area contributed by atoms with Crippen LogP contribution in [0.15, 0.2) is 54.6 Å². The van der Waals surface area contributed by atoms with Crippen molar-refractivity contribution in [1.29, 1.82) is 5.26 Å².